The molecule has 1 amide bonds. The summed E-state index contributed by atoms with van der Waals surface area (Å²) in [6.07, 6.45) is 5.48. The molecule has 0 spiro atoms. The molecule has 4 nitrogen and oxygen atoms in total. The molecule has 0 saturated carbocycles. The van der Waals surface area contributed by atoms with E-state index < -0.39 is 0 Å². The van der Waals surface area contributed by atoms with Gasteiger partial charge >= 0.3 is 0 Å². The van der Waals surface area contributed by atoms with Gasteiger partial charge in [0.15, 0.2) is 10.9 Å². The van der Waals surface area contributed by atoms with Crippen LogP contribution in [0.2, 0.25) is 0 Å². The SMILES string of the molecule is O=C(/C=C\c1ccsc1)Nc1nc2c(s1)C(=O)CCC2. The van der Waals surface area contributed by atoms with Crippen molar-refractivity contribution >= 4 is 45.6 Å². The minimum absolute atomic E-state index is 0.137. The lowest BCUT2D eigenvalue weighted by atomic mass is 10.0. The number of carbonyl (C=O) groups excluding carboxylic acids is 2. The number of nitrogens with one attached hydrogen (secondary N) is 1. The summed E-state index contributed by atoms with van der Waals surface area (Å²) in [5.41, 5.74) is 1.82. The highest BCUT2D eigenvalue weighted by atomic mass is 32.1. The van der Waals surface area contributed by atoms with E-state index >= 15 is 0 Å². The lowest BCUT2D eigenvalue weighted by Crippen LogP contribution is -2.08. The van der Waals surface area contributed by atoms with Gasteiger partial charge in [-0.3, -0.25) is 14.9 Å². The number of ketones is 1. The molecular weight excluding hydrogens is 292 g/mol. The van der Waals surface area contributed by atoms with Crippen LogP contribution in [0.25, 0.3) is 6.08 Å². The predicted octanol–water partition coefficient (Wildman–Crippen LogP) is 3.38. The van der Waals surface area contributed by atoms with Gasteiger partial charge in [0.25, 0.3) is 0 Å². The van der Waals surface area contributed by atoms with E-state index in [1.807, 2.05) is 16.8 Å². The van der Waals surface area contributed by atoms with Crippen molar-refractivity contribution in [3.05, 3.63) is 39.0 Å². The van der Waals surface area contributed by atoms with Crippen molar-refractivity contribution in [2.45, 2.75) is 19.3 Å². The molecule has 1 N–H and O–H groups in total. The largest absolute Gasteiger partial charge is 0.298 e. The summed E-state index contributed by atoms with van der Waals surface area (Å²) in [7, 11) is 0. The van der Waals surface area contributed by atoms with Gasteiger partial charge in [-0.2, -0.15) is 11.3 Å². The molecule has 0 saturated heterocycles. The highest BCUT2D eigenvalue weighted by Gasteiger charge is 2.22. The molecule has 0 unspecified atom stereocenters. The second kappa shape index (κ2) is 5.68. The highest BCUT2D eigenvalue weighted by molar-refractivity contribution is 7.17. The van der Waals surface area contributed by atoms with Crippen LogP contribution in [0, 0.1) is 0 Å². The second-order valence-electron chi connectivity index (χ2n) is 4.45. The third-order valence-electron chi connectivity index (χ3n) is 2.97. The van der Waals surface area contributed by atoms with E-state index in [0.29, 0.717) is 16.4 Å². The zero-order valence-electron chi connectivity index (χ0n) is 10.6. The van der Waals surface area contributed by atoms with Crippen LogP contribution in [0.5, 0.6) is 0 Å². The molecule has 0 aromatic carbocycles. The number of thiazole rings is 1. The van der Waals surface area contributed by atoms with E-state index in [2.05, 4.69) is 10.3 Å². The van der Waals surface area contributed by atoms with Crippen molar-refractivity contribution in [1.82, 2.24) is 4.98 Å². The summed E-state index contributed by atoms with van der Waals surface area (Å²) in [6, 6.07) is 1.94. The Kier molecular flexibility index (Phi) is 3.75. The molecule has 0 aliphatic heterocycles. The van der Waals surface area contributed by atoms with Gasteiger partial charge in [0.2, 0.25) is 5.91 Å². The van der Waals surface area contributed by atoms with E-state index in [9.17, 15) is 9.59 Å². The van der Waals surface area contributed by atoms with Crippen molar-refractivity contribution in [1.29, 1.82) is 0 Å². The Bertz CT molecular complexity index is 671. The van der Waals surface area contributed by atoms with Crippen molar-refractivity contribution < 1.29 is 9.59 Å². The fraction of sp³-hybridized carbons (Fsp3) is 0.214. The van der Waals surface area contributed by atoms with Crippen LogP contribution in [-0.2, 0) is 11.2 Å². The van der Waals surface area contributed by atoms with Crippen LogP contribution >= 0.6 is 22.7 Å². The lowest BCUT2D eigenvalue weighted by Gasteiger charge is -2.05. The molecule has 2 aromatic heterocycles. The van der Waals surface area contributed by atoms with Crippen LogP contribution in [0.3, 0.4) is 0 Å². The first-order valence-electron chi connectivity index (χ1n) is 6.26. The van der Waals surface area contributed by atoms with Crippen molar-refractivity contribution in [3.63, 3.8) is 0 Å². The summed E-state index contributed by atoms with van der Waals surface area (Å²) < 4.78 is 0. The predicted molar refractivity (Wildman–Crippen MR) is 81.4 cm³/mol. The molecular formula is C14H12N2O2S2. The average Bonchev–Trinajstić information content (AvgIpc) is 3.05. The number of aromatic nitrogens is 1. The van der Waals surface area contributed by atoms with Crippen LogP contribution < -0.4 is 5.32 Å². The molecule has 1 aliphatic carbocycles. The maximum atomic E-state index is 11.8. The number of thiophene rings is 1. The van der Waals surface area contributed by atoms with Gasteiger partial charge in [0.05, 0.1) is 10.6 Å². The average molecular weight is 304 g/mol. The Morgan fingerprint density at radius 2 is 2.30 bits per heavy atom. The quantitative estimate of drug-likeness (QED) is 0.884. The van der Waals surface area contributed by atoms with E-state index in [1.54, 1.807) is 17.4 Å². The first kappa shape index (κ1) is 13.2. The van der Waals surface area contributed by atoms with Crippen LogP contribution in [0.15, 0.2) is 22.9 Å². The fourth-order valence-electron chi connectivity index (χ4n) is 2.01. The van der Waals surface area contributed by atoms with Gasteiger partial charge in [-0.15, -0.1) is 0 Å². The molecule has 2 heterocycles. The third-order valence-corrected chi connectivity index (χ3v) is 4.72. The zero-order valence-corrected chi connectivity index (χ0v) is 12.2. The van der Waals surface area contributed by atoms with Crippen molar-refractivity contribution in [2.75, 3.05) is 5.32 Å². The second-order valence-corrected chi connectivity index (χ2v) is 6.23. The van der Waals surface area contributed by atoms with Crippen molar-refractivity contribution in [2.24, 2.45) is 0 Å². The fourth-order valence-corrected chi connectivity index (χ4v) is 3.62. The number of fused-ring (bicyclic) bond motifs is 1. The number of amides is 1. The Balaban J connectivity index is 1.69. The summed E-state index contributed by atoms with van der Waals surface area (Å²) in [4.78, 5) is 28.5. The lowest BCUT2D eigenvalue weighted by molar-refractivity contribution is -0.111. The first-order chi connectivity index (χ1) is 9.72. The first-order valence-corrected chi connectivity index (χ1v) is 8.02. The maximum Gasteiger partial charge on any atom is 0.250 e. The number of rotatable bonds is 3. The summed E-state index contributed by atoms with van der Waals surface area (Å²) in [5, 5.41) is 7.14. The molecule has 0 atom stereocenters. The number of nitrogens with zero attached hydrogens (tertiary/aromatic N) is 1. The van der Waals surface area contributed by atoms with Gasteiger partial charge in [0.1, 0.15) is 0 Å². The van der Waals surface area contributed by atoms with Gasteiger partial charge in [-0.1, -0.05) is 11.3 Å². The molecule has 20 heavy (non-hydrogen) atoms. The number of Topliss-reactive ketones (excluding diaryl/α,β-unsaturated/α-hetero) is 1. The van der Waals surface area contributed by atoms with E-state index in [1.165, 1.54) is 17.4 Å². The Labute approximate surface area is 124 Å². The molecule has 2 aromatic rings. The van der Waals surface area contributed by atoms with Crippen LogP contribution in [0.4, 0.5) is 5.13 Å². The van der Waals surface area contributed by atoms with Gasteiger partial charge in [-0.25, -0.2) is 4.98 Å². The number of hydrogen-bond acceptors (Lipinski definition) is 5. The van der Waals surface area contributed by atoms with E-state index in [-0.39, 0.29) is 11.7 Å². The monoisotopic (exact) mass is 304 g/mol. The van der Waals surface area contributed by atoms with Gasteiger partial charge in [0, 0.05) is 12.5 Å². The van der Waals surface area contributed by atoms with E-state index in [4.69, 9.17) is 0 Å². The van der Waals surface area contributed by atoms with Gasteiger partial charge in [-0.05, 0) is 41.3 Å². The number of anilines is 1. The molecule has 1 aliphatic rings. The summed E-state index contributed by atoms with van der Waals surface area (Å²) in [6.45, 7) is 0. The van der Waals surface area contributed by atoms with E-state index in [0.717, 1.165) is 24.1 Å². The standard InChI is InChI=1S/C14H12N2O2S2/c17-11-3-1-2-10-13(11)20-14(15-10)16-12(18)5-4-9-6-7-19-8-9/h4-8H,1-3H2,(H,15,16,18)/b5-4-. The molecule has 102 valence electrons. The minimum atomic E-state index is -0.227. The van der Waals surface area contributed by atoms with Gasteiger partial charge < -0.3 is 0 Å². The maximum absolute atomic E-state index is 11.8. The van der Waals surface area contributed by atoms with Crippen LogP contribution in [-0.4, -0.2) is 16.7 Å². The molecule has 0 bridgehead atoms. The van der Waals surface area contributed by atoms with Crippen LogP contribution in [0.1, 0.15) is 33.8 Å². The summed E-state index contributed by atoms with van der Waals surface area (Å²) >= 11 is 2.85. The molecule has 3 rings (SSSR count). The highest BCUT2D eigenvalue weighted by Crippen LogP contribution is 2.29. The minimum Gasteiger partial charge on any atom is -0.298 e. The number of aryl methyl sites for hydroxylation is 1. The zero-order chi connectivity index (χ0) is 13.9. The molecule has 0 radical (unpaired) electrons. The van der Waals surface area contributed by atoms with Crippen molar-refractivity contribution in [3.8, 4) is 0 Å². The number of carbonyl (C=O) groups is 2. The molecule has 0 fully saturated rings. The summed E-state index contributed by atoms with van der Waals surface area (Å²) in [5.74, 6) is -0.0900. The smallest absolute Gasteiger partial charge is 0.250 e. The number of hydrogen-bond donors (Lipinski definition) is 1. The normalized spacial score (nSPS) is 14.5. The molecule has 6 heteroatoms. The topological polar surface area (TPSA) is 59.1 Å². The third kappa shape index (κ3) is 2.86. The Morgan fingerprint density at radius 3 is 3.05 bits per heavy atom. The Hall–Kier alpha value is -1.79. The Morgan fingerprint density at radius 1 is 1.40 bits per heavy atom.